The summed E-state index contributed by atoms with van der Waals surface area (Å²) in [5, 5.41) is 3.03. The molecule has 0 aromatic rings. The van der Waals surface area contributed by atoms with Gasteiger partial charge in [-0.05, 0) is 57.1 Å². The molecule has 0 bridgehead atoms. The molecule has 3 atom stereocenters. The zero-order chi connectivity index (χ0) is 31.2. The lowest BCUT2D eigenvalue weighted by atomic mass is 9.88. The molecule has 0 saturated heterocycles. The van der Waals surface area contributed by atoms with Crippen molar-refractivity contribution in [1.29, 1.82) is 0 Å². The maximum atomic E-state index is 13.1. The lowest BCUT2D eigenvalue weighted by Gasteiger charge is -2.24. The van der Waals surface area contributed by atoms with Crippen LogP contribution in [-0.2, 0) is 28.6 Å². The van der Waals surface area contributed by atoms with Crippen LogP contribution in [0, 0.1) is 17.8 Å². The molecular formula is C31H65ClN2O6S. The largest absolute Gasteiger partial charge is 1.00 e. The lowest BCUT2D eigenvalue weighted by molar-refractivity contribution is -0.368. The summed E-state index contributed by atoms with van der Waals surface area (Å²) in [5.74, 6) is 1.56. The van der Waals surface area contributed by atoms with Crippen molar-refractivity contribution in [3.63, 3.8) is 0 Å². The highest BCUT2D eigenvalue weighted by atomic mass is 35.5. The van der Waals surface area contributed by atoms with Crippen LogP contribution >= 0.6 is 11.8 Å². The molecule has 0 aliphatic rings. The average Bonchev–Trinajstić information content (AvgIpc) is 2.94. The van der Waals surface area contributed by atoms with Crippen LogP contribution in [0.25, 0.3) is 0 Å². The predicted octanol–water partition coefficient (Wildman–Crippen LogP) is 1.98. The summed E-state index contributed by atoms with van der Waals surface area (Å²) in [6.07, 6.45) is 4.83. The highest BCUT2D eigenvalue weighted by Gasteiger charge is 2.28. The Hall–Kier alpha value is -0.710. The number of carbonyl (C=O) groups is 3. The molecule has 0 rings (SSSR count). The number of unbranched alkanes of at least 4 members (excludes halogenated alkanes) is 1. The van der Waals surface area contributed by atoms with Gasteiger partial charge in [-0.15, -0.1) is 0 Å². The molecule has 0 aromatic heterocycles. The molecule has 1 amide bonds. The molecule has 0 aliphatic carbocycles. The number of halogens is 1. The van der Waals surface area contributed by atoms with Gasteiger partial charge in [0.05, 0.1) is 45.6 Å². The van der Waals surface area contributed by atoms with Gasteiger partial charge in [-0.3, -0.25) is 14.4 Å². The smallest absolute Gasteiger partial charge is 0.223 e. The first-order valence-corrected chi connectivity index (χ1v) is 16.8. The number of carbonyl (C=O) groups excluding carboxylic acids is 3. The maximum Gasteiger partial charge on any atom is 0.223 e. The minimum absolute atomic E-state index is 0. The second-order valence-electron chi connectivity index (χ2n) is 9.74. The molecule has 0 aliphatic heterocycles. The Morgan fingerprint density at radius 1 is 0.854 bits per heavy atom. The van der Waals surface area contributed by atoms with E-state index in [1.807, 2.05) is 48.5 Å². The molecule has 0 aromatic carbocycles. The summed E-state index contributed by atoms with van der Waals surface area (Å²) in [5.41, 5.74) is 3.85. The topological polar surface area (TPSA) is 119 Å². The molecule has 8 nitrogen and oxygen atoms in total. The second kappa shape index (κ2) is 35.5. The fourth-order valence-electron chi connectivity index (χ4n) is 3.86. The molecule has 10 heteroatoms. The van der Waals surface area contributed by atoms with Crippen molar-refractivity contribution in [3.05, 3.63) is 0 Å². The second-order valence-corrected chi connectivity index (χ2v) is 11.0. The first kappa shape index (κ1) is 47.2. The van der Waals surface area contributed by atoms with E-state index in [9.17, 15) is 14.4 Å². The zero-order valence-electron chi connectivity index (χ0n) is 27.9. The minimum Gasteiger partial charge on any atom is -1.00 e. The Morgan fingerprint density at radius 3 is 1.95 bits per heavy atom. The molecule has 0 fully saturated rings. The van der Waals surface area contributed by atoms with Gasteiger partial charge in [-0.2, -0.15) is 11.8 Å². The van der Waals surface area contributed by atoms with Crippen molar-refractivity contribution in [2.75, 3.05) is 58.2 Å². The summed E-state index contributed by atoms with van der Waals surface area (Å²) in [7, 11) is 1.65. The molecule has 0 spiro atoms. The van der Waals surface area contributed by atoms with Gasteiger partial charge in [0.15, 0.2) is 5.78 Å². The monoisotopic (exact) mass is 628 g/mol. The van der Waals surface area contributed by atoms with Gasteiger partial charge in [-0.1, -0.05) is 48.5 Å². The van der Waals surface area contributed by atoms with E-state index < -0.39 is 6.04 Å². The van der Waals surface area contributed by atoms with Crippen molar-refractivity contribution < 1.29 is 46.7 Å². The van der Waals surface area contributed by atoms with Crippen molar-refractivity contribution in [2.24, 2.45) is 17.8 Å². The quantitative estimate of drug-likeness (QED) is 0.148. The summed E-state index contributed by atoms with van der Waals surface area (Å²) in [4.78, 5) is 38.2. The fourth-order valence-corrected chi connectivity index (χ4v) is 4.75. The van der Waals surface area contributed by atoms with E-state index in [0.29, 0.717) is 45.9 Å². The van der Waals surface area contributed by atoms with Crippen molar-refractivity contribution in [2.45, 2.75) is 106 Å². The molecule has 0 saturated carbocycles. The van der Waals surface area contributed by atoms with Crippen LogP contribution in [0.4, 0.5) is 0 Å². The molecule has 4 N–H and O–H groups in total. The van der Waals surface area contributed by atoms with Gasteiger partial charge in [0.1, 0.15) is 5.78 Å². The third-order valence-corrected chi connectivity index (χ3v) is 7.12. The van der Waals surface area contributed by atoms with Gasteiger partial charge in [0, 0.05) is 31.1 Å². The number of ketones is 2. The van der Waals surface area contributed by atoms with E-state index in [4.69, 9.17) is 14.2 Å². The summed E-state index contributed by atoms with van der Waals surface area (Å²) >= 11 is 1.77. The van der Waals surface area contributed by atoms with E-state index in [1.165, 1.54) is 0 Å². The first-order chi connectivity index (χ1) is 19.3. The highest BCUT2D eigenvalue weighted by Crippen LogP contribution is 2.19. The standard InChI is InChI=1S/C27H52N2O6S.2C2H6.ClH/c1-6-23(10-17-36-18-16-35-15-14-34-13-12-33-5)27(32)29-25(19-21(2)3)26(31)20-24(22(4)30)9-7-8-11-28;2*1-2;/h21,23-25H,6-20,28H2,1-5H3,(H,29,32);2*1-2H3;1H/t23-,24+,25-;;;/m0.../s1. The van der Waals surface area contributed by atoms with E-state index in [-0.39, 0.29) is 54.1 Å². The molecule has 0 radical (unpaired) electrons. The molecule has 0 heterocycles. The predicted molar refractivity (Wildman–Crippen MR) is 169 cm³/mol. The number of amides is 1. The number of hydrogen-bond donors (Lipinski definition) is 2. The number of rotatable bonds is 25. The number of quaternary nitrogens is 1. The van der Waals surface area contributed by atoms with Crippen LogP contribution in [0.2, 0.25) is 0 Å². The Labute approximate surface area is 263 Å². The maximum absolute atomic E-state index is 13.1. The average molecular weight is 629 g/mol. The van der Waals surface area contributed by atoms with Gasteiger partial charge in [0.2, 0.25) is 5.91 Å². The number of hydrogen-bond acceptors (Lipinski definition) is 7. The van der Waals surface area contributed by atoms with E-state index in [2.05, 4.69) is 11.1 Å². The van der Waals surface area contributed by atoms with Gasteiger partial charge < -0.3 is 37.7 Å². The van der Waals surface area contributed by atoms with Crippen LogP contribution in [0.3, 0.4) is 0 Å². The lowest BCUT2D eigenvalue weighted by Crippen LogP contribution is -3.00. The SMILES string of the molecule is CC.CC.CC[C@@H](CCSCCOCCOCCOC)C(=O)N[C@@H](CC(C)C)C(=O)C[C@@H](CCCC[NH3+])C(C)=O.[Cl-]. The number of Topliss-reactive ketones (excluding diaryl/α,β-unsaturated/α-hetero) is 2. The number of nitrogens with one attached hydrogen (secondary N) is 1. The molecule has 248 valence electrons. The number of thioether (sulfide) groups is 1. The molecular weight excluding hydrogens is 564 g/mol. The molecule has 0 unspecified atom stereocenters. The van der Waals surface area contributed by atoms with Crippen molar-refractivity contribution in [3.8, 4) is 0 Å². The normalized spacial score (nSPS) is 12.6. The van der Waals surface area contributed by atoms with Crippen LogP contribution < -0.4 is 23.5 Å². The zero-order valence-corrected chi connectivity index (χ0v) is 29.4. The first-order valence-electron chi connectivity index (χ1n) is 15.6. The van der Waals surface area contributed by atoms with Crippen molar-refractivity contribution in [1.82, 2.24) is 5.32 Å². The van der Waals surface area contributed by atoms with Crippen LogP contribution in [-0.4, -0.2) is 81.7 Å². The van der Waals surface area contributed by atoms with Crippen molar-refractivity contribution >= 4 is 29.2 Å². The van der Waals surface area contributed by atoms with E-state index >= 15 is 0 Å². The van der Waals surface area contributed by atoms with E-state index in [0.717, 1.165) is 43.7 Å². The Kier molecular flexibility index (Phi) is 40.9. The summed E-state index contributed by atoms with van der Waals surface area (Å²) < 4.78 is 15.8. The minimum atomic E-state index is -0.534. The summed E-state index contributed by atoms with van der Waals surface area (Å²) in [6, 6.07) is -0.534. The summed E-state index contributed by atoms with van der Waals surface area (Å²) in [6.45, 7) is 19.4. The number of methoxy groups -OCH3 is 1. The van der Waals surface area contributed by atoms with Crippen LogP contribution in [0.5, 0.6) is 0 Å². The Balaban J connectivity index is -0.00000130. The van der Waals surface area contributed by atoms with Crippen LogP contribution in [0.15, 0.2) is 0 Å². The number of ether oxygens (including phenoxy) is 3. The Morgan fingerprint density at radius 2 is 1.44 bits per heavy atom. The Bertz CT molecular complexity index is 599. The van der Waals surface area contributed by atoms with Gasteiger partial charge >= 0.3 is 0 Å². The highest BCUT2D eigenvalue weighted by molar-refractivity contribution is 7.99. The third kappa shape index (κ3) is 29.2. The third-order valence-electron chi connectivity index (χ3n) is 6.14. The molecule has 41 heavy (non-hydrogen) atoms. The van der Waals surface area contributed by atoms with Crippen LogP contribution in [0.1, 0.15) is 100 Å². The fraction of sp³-hybridized carbons (Fsp3) is 0.903. The van der Waals surface area contributed by atoms with Gasteiger partial charge in [0.25, 0.3) is 0 Å². The van der Waals surface area contributed by atoms with E-state index in [1.54, 1.807) is 25.8 Å². The van der Waals surface area contributed by atoms with Gasteiger partial charge in [-0.25, -0.2) is 0 Å².